The quantitative estimate of drug-likeness (QED) is 0.501. The molecule has 0 aliphatic carbocycles. The zero-order valence-electron chi connectivity index (χ0n) is 11.6. The fourth-order valence-corrected chi connectivity index (χ4v) is 1.80. The summed E-state index contributed by atoms with van der Waals surface area (Å²) in [6, 6.07) is 11.8. The third-order valence-corrected chi connectivity index (χ3v) is 2.83. The Morgan fingerprint density at radius 2 is 1.71 bits per heavy atom. The summed E-state index contributed by atoms with van der Waals surface area (Å²) >= 11 is 0. The molecule has 110 valence electrons. The second-order valence-corrected chi connectivity index (χ2v) is 4.34. The van der Waals surface area contributed by atoms with Crippen LogP contribution < -0.4 is 15.2 Å². The highest BCUT2D eigenvalue weighted by Crippen LogP contribution is 2.24. The van der Waals surface area contributed by atoms with Gasteiger partial charge in [0, 0.05) is 6.07 Å². The molecule has 0 unspecified atom stereocenters. The van der Waals surface area contributed by atoms with Crippen LogP contribution in [0.15, 0.2) is 42.5 Å². The highest BCUT2D eigenvalue weighted by Gasteiger charge is 2.12. The van der Waals surface area contributed by atoms with Crippen molar-refractivity contribution in [1.82, 2.24) is 0 Å². The first-order valence-corrected chi connectivity index (χ1v) is 6.48. The van der Waals surface area contributed by atoms with E-state index < -0.39 is 4.92 Å². The molecule has 0 atom stereocenters. The molecule has 2 rings (SSSR count). The van der Waals surface area contributed by atoms with E-state index in [-0.39, 0.29) is 18.0 Å². The summed E-state index contributed by atoms with van der Waals surface area (Å²) in [5.74, 6) is 1.44. The average molecular weight is 288 g/mol. The van der Waals surface area contributed by atoms with Crippen molar-refractivity contribution in [2.45, 2.75) is 13.5 Å². The first kappa shape index (κ1) is 14.6. The second-order valence-electron chi connectivity index (χ2n) is 4.34. The van der Waals surface area contributed by atoms with Gasteiger partial charge in [-0.1, -0.05) is 6.07 Å². The minimum absolute atomic E-state index is 0.109. The number of anilines is 1. The summed E-state index contributed by atoms with van der Waals surface area (Å²) < 4.78 is 10.9. The Balaban J connectivity index is 2.02. The standard InChI is InChI=1S/C15H16N2O4/c1-2-20-12-4-6-13(7-5-12)21-10-11-3-8-14(16)15(9-11)17(18)19/h3-9H,2,10,16H2,1H3. The highest BCUT2D eigenvalue weighted by molar-refractivity contribution is 5.59. The van der Waals surface area contributed by atoms with Gasteiger partial charge < -0.3 is 15.2 Å². The lowest BCUT2D eigenvalue weighted by atomic mass is 10.2. The first-order valence-electron chi connectivity index (χ1n) is 6.48. The molecule has 21 heavy (non-hydrogen) atoms. The Hall–Kier alpha value is -2.76. The summed E-state index contributed by atoms with van der Waals surface area (Å²) in [7, 11) is 0. The van der Waals surface area contributed by atoms with E-state index in [1.54, 1.807) is 18.2 Å². The molecule has 0 saturated carbocycles. The Kier molecular flexibility index (Phi) is 4.61. The van der Waals surface area contributed by atoms with Gasteiger partial charge >= 0.3 is 0 Å². The number of rotatable bonds is 6. The van der Waals surface area contributed by atoms with Crippen LogP contribution in [0.5, 0.6) is 11.5 Å². The first-order chi connectivity index (χ1) is 10.1. The van der Waals surface area contributed by atoms with Gasteiger partial charge in [0.2, 0.25) is 0 Å². The number of nitrogens with zero attached hydrogens (tertiary/aromatic N) is 1. The number of hydrogen-bond donors (Lipinski definition) is 1. The zero-order chi connectivity index (χ0) is 15.2. The SMILES string of the molecule is CCOc1ccc(OCc2ccc(N)c([N+](=O)[O-])c2)cc1. The van der Waals surface area contributed by atoms with Crippen LogP contribution in [0.2, 0.25) is 0 Å². The monoisotopic (exact) mass is 288 g/mol. The maximum Gasteiger partial charge on any atom is 0.292 e. The minimum Gasteiger partial charge on any atom is -0.494 e. The molecule has 0 aromatic heterocycles. The van der Waals surface area contributed by atoms with Gasteiger partial charge in [0.05, 0.1) is 11.5 Å². The van der Waals surface area contributed by atoms with Crippen molar-refractivity contribution in [3.05, 3.63) is 58.1 Å². The minimum atomic E-state index is -0.504. The van der Waals surface area contributed by atoms with E-state index in [2.05, 4.69) is 0 Å². The number of nitro benzene ring substituents is 1. The molecule has 0 saturated heterocycles. The van der Waals surface area contributed by atoms with Gasteiger partial charge in [0.25, 0.3) is 5.69 Å². The van der Waals surface area contributed by atoms with Crippen LogP contribution in [0.4, 0.5) is 11.4 Å². The van der Waals surface area contributed by atoms with Crippen LogP contribution in [-0.4, -0.2) is 11.5 Å². The number of nitro groups is 1. The molecular formula is C15H16N2O4. The Morgan fingerprint density at radius 1 is 1.10 bits per heavy atom. The molecule has 0 spiro atoms. The molecule has 0 fully saturated rings. The maximum absolute atomic E-state index is 10.8. The van der Waals surface area contributed by atoms with E-state index in [1.807, 2.05) is 19.1 Å². The van der Waals surface area contributed by atoms with Gasteiger partial charge in [-0.2, -0.15) is 0 Å². The maximum atomic E-state index is 10.8. The molecule has 0 bridgehead atoms. The van der Waals surface area contributed by atoms with Crippen LogP contribution >= 0.6 is 0 Å². The molecule has 2 N–H and O–H groups in total. The van der Waals surface area contributed by atoms with E-state index in [0.717, 1.165) is 5.75 Å². The number of nitrogen functional groups attached to an aromatic ring is 1. The van der Waals surface area contributed by atoms with Crippen LogP contribution in [0.1, 0.15) is 12.5 Å². The fraction of sp³-hybridized carbons (Fsp3) is 0.200. The molecular weight excluding hydrogens is 272 g/mol. The van der Waals surface area contributed by atoms with Crippen molar-refractivity contribution < 1.29 is 14.4 Å². The van der Waals surface area contributed by atoms with Crippen molar-refractivity contribution >= 4 is 11.4 Å². The second kappa shape index (κ2) is 6.60. The summed E-state index contributed by atoms with van der Waals surface area (Å²) in [5, 5.41) is 10.8. The predicted octanol–water partition coefficient (Wildman–Crippen LogP) is 3.15. The Morgan fingerprint density at radius 3 is 2.29 bits per heavy atom. The van der Waals surface area contributed by atoms with Crippen molar-refractivity contribution in [3.8, 4) is 11.5 Å². The lowest BCUT2D eigenvalue weighted by molar-refractivity contribution is -0.384. The van der Waals surface area contributed by atoms with Crippen LogP contribution in [0, 0.1) is 10.1 Å². The van der Waals surface area contributed by atoms with Crippen molar-refractivity contribution in [3.63, 3.8) is 0 Å². The molecule has 0 radical (unpaired) electrons. The summed E-state index contributed by atoms with van der Waals surface area (Å²) in [4.78, 5) is 10.3. The van der Waals surface area contributed by atoms with Crippen LogP contribution in [0.25, 0.3) is 0 Å². The summed E-state index contributed by atoms with van der Waals surface area (Å²) in [5.41, 5.74) is 6.27. The van der Waals surface area contributed by atoms with Crippen LogP contribution in [-0.2, 0) is 6.61 Å². The van der Waals surface area contributed by atoms with E-state index in [1.165, 1.54) is 12.1 Å². The molecule has 0 aliphatic heterocycles. The highest BCUT2D eigenvalue weighted by atomic mass is 16.6. The predicted molar refractivity (Wildman–Crippen MR) is 79.5 cm³/mol. The number of nitrogens with two attached hydrogens (primary N) is 1. The lowest BCUT2D eigenvalue weighted by Gasteiger charge is -2.08. The van der Waals surface area contributed by atoms with Crippen molar-refractivity contribution in [1.29, 1.82) is 0 Å². The van der Waals surface area contributed by atoms with E-state index in [0.29, 0.717) is 17.9 Å². The van der Waals surface area contributed by atoms with E-state index in [4.69, 9.17) is 15.2 Å². The molecule has 0 amide bonds. The van der Waals surface area contributed by atoms with Gasteiger partial charge in [-0.05, 0) is 42.8 Å². The zero-order valence-corrected chi connectivity index (χ0v) is 11.6. The normalized spacial score (nSPS) is 10.1. The van der Waals surface area contributed by atoms with Gasteiger partial charge in [-0.3, -0.25) is 10.1 Å². The molecule has 6 nitrogen and oxygen atoms in total. The van der Waals surface area contributed by atoms with Gasteiger partial charge in [0.1, 0.15) is 23.8 Å². The molecule has 0 aliphatic rings. The lowest BCUT2D eigenvalue weighted by Crippen LogP contribution is -2.00. The Bertz CT molecular complexity index is 626. The largest absolute Gasteiger partial charge is 0.494 e. The summed E-state index contributed by atoms with van der Waals surface area (Å²) in [6.45, 7) is 2.75. The Labute approximate surface area is 122 Å². The topological polar surface area (TPSA) is 87.6 Å². The molecule has 0 heterocycles. The van der Waals surface area contributed by atoms with E-state index >= 15 is 0 Å². The van der Waals surface area contributed by atoms with Crippen molar-refractivity contribution in [2.75, 3.05) is 12.3 Å². The number of ether oxygens (including phenoxy) is 2. The fourth-order valence-electron chi connectivity index (χ4n) is 1.80. The van der Waals surface area contributed by atoms with Crippen LogP contribution in [0.3, 0.4) is 0 Å². The third kappa shape index (κ3) is 3.85. The van der Waals surface area contributed by atoms with Gasteiger partial charge in [0.15, 0.2) is 0 Å². The number of hydrogen-bond acceptors (Lipinski definition) is 5. The summed E-state index contributed by atoms with van der Waals surface area (Å²) in [6.07, 6.45) is 0. The molecule has 2 aromatic rings. The van der Waals surface area contributed by atoms with Gasteiger partial charge in [-0.25, -0.2) is 0 Å². The molecule has 6 heteroatoms. The average Bonchev–Trinajstić information content (AvgIpc) is 2.48. The number of benzene rings is 2. The molecule has 2 aromatic carbocycles. The van der Waals surface area contributed by atoms with E-state index in [9.17, 15) is 10.1 Å². The van der Waals surface area contributed by atoms with Gasteiger partial charge in [-0.15, -0.1) is 0 Å². The third-order valence-electron chi connectivity index (χ3n) is 2.83. The smallest absolute Gasteiger partial charge is 0.292 e. The van der Waals surface area contributed by atoms with Crippen molar-refractivity contribution in [2.24, 2.45) is 0 Å².